The van der Waals surface area contributed by atoms with E-state index in [0.717, 1.165) is 0 Å². The Morgan fingerprint density at radius 2 is 1.80 bits per heavy atom. The van der Waals surface area contributed by atoms with Crippen LogP contribution < -0.4 is 10.5 Å². The van der Waals surface area contributed by atoms with Crippen molar-refractivity contribution >= 4 is 33.2 Å². The van der Waals surface area contributed by atoms with Crippen molar-refractivity contribution in [3.05, 3.63) is 59.1 Å². The quantitative estimate of drug-likeness (QED) is 0.849. The maximum Gasteiger partial charge on any atom is 0.267 e. The van der Waals surface area contributed by atoms with Crippen molar-refractivity contribution in [3.8, 4) is 0 Å². The number of hydrogen-bond donors (Lipinski definition) is 2. The van der Waals surface area contributed by atoms with E-state index in [4.69, 9.17) is 17.3 Å². The molecule has 0 aliphatic rings. The van der Waals surface area contributed by atoms with Gasteiger partial charge in [0.25, 0.3) is 15.9 Å². The second-order valence-corrected chi connectivity index (χ2v) is 6.10. The van der Waals surface area contributed by atoms with Crippen molar-refractivity contribution in [2.75, 3.05) is 5.73 Å². The maximum absolute atomic E-state index is 12.0. The molecule has 20 heavy (non-hydrogen) atoms. The van der Waals surface area contributed by atoms with Crippen LogP contribution in [-0.4, -0.2) is 14.3 Å². The van der Waals surface area contributed by atoms with Gasteiger partial charge in [0, 0.05) is 10.7 Å². The largest absolute Gasteiger partial charge is 0.398 e. The lowest BCUT2D eigenvalue weighted by atomic mass is 10.2. The fourth-order valence-corrected chi connectivity index (χ4v) is 2.84. The normalized spacial score (nSPS) is 11.1. The summed E-state index contributed by atoms with van der Waals surface area (Å²) >= 11 is 5.73. The molecule has 104 valence electrons. The topological polar surface area (TPSA) is 89.3 Å². The van der Waals surface area contributed by atoms with Crippen LogP contribution in [-0.2, 0) is 10.0 Å². The van der Waals surface area contributed by atoms with E-state index in [0.29, 0.717) is 0 Å². The molecule has 7 heteroatoms. The molecule has 1 amide bonds. The van der Waals surface area contributed by atoms with E-state index in [-0.39, 0.29) is 21.2 Å². The van der Waals surface area contributed by atoms with E-state index in [1.165, 1.54) is 36.4 Å². The summed E-state index contributed by atoms with van der Waals surface area (Å²) in [5.74, 6) is -0.789. The predicted molar refractivity (Wildman–Crippen MR) is 77.0 cm³/mol. The number of halogens is 1. The molecule has 0 heterocycles. The zero-order chi connectivity index (χ0) is 14.8. The molecule has 0 unspecified atom stereocenters. The van der Waals surface area contributed by atoms with Gasteiger partial charge in [-0.25, -0.2) is 13.1 Å². The zero-order valence-corrected chi connectivity index (χ0v) is 11.8. The lowest BCUT2D eigenvalue weighted by Crippen LogP contribution is -2.31. The number of nitrogens with one attached hydrogen (secondary N) is 1. The van der Waals surface area contributed by atoms with Crippen LogP contribution in [0.1, 0.15) is 10.4 Å². The van der Waals surface area contributed by atoms with Gasteiger partial charge in [-0.3, -0.25) is 4.79 Å². The van der Waals surface area contributed by atoms with E-state index in [1.807, 2.05) is 4.72 Å². The van der Waals surface area contributed by atoms with Crippen molar-refractivity contribution in [2.24, 2.45) is 0 Å². The lowest BCUT2D eigenvalue weighted by molar-refractivity contribution is 0.0982. The van der Waals surface area contributed by atoms with Crippen LogP contribution in [0.5, 0.6) is 0 Å². The number of sulfonamides is 1. The lowest BCUT2D eigenvalue weighted by Gasteiger charge is -2.08. The average Bonchev–Trinajstić information content (AvgIpc) is 2.38. The van der Waals surface area contributed by atoms with Gasteiger partial charge < -0.3 is 5.73 Å². The van der Waals surface area contributed by atoms with Crippen molar-refractivity contribution in [2.45, 2.75) is 4.90 Å². The molecule has 5 nitrogen and oxygen atoms in total. The highest BCUT2D eigenvalue weighted by molar-refractivity contribution is 7.90. The van der Waals surface area contributed by atoms with Crippen LogP contribution in [0.25, 0.3) is 0 Å². The van der Waals surface area contributed by atoms with Crippen LogP contribution in [0, 0.1) is 0 Å². The highest BCUT2D eigenvalue weighted by Crippen LogP contribution is 2.16. The fraction of sp³-hybridized carbons (Fsp3) is 0. The minimum absolute atomic E-state index is 0.0900. The van der Waals surface area contributed by atoms with Crippen molar-refractivity contribution in [3.63, 3.8) is 0 Å². The smallest absolute Gasteiger partial charge is 0.267 e. The summed E-state index contributed by atoms with van der Waals surface area (Å²) < 4.78 is 26.0. The molecular weight excluding hydrogens is 300 g/mol. The summed E-state index contributed by atoms with van der Waals surface area (Å²) in [6.07, 6.45) is 0. The summed E-state index contributed by atoms with van der Waals surface area (Å²) in [6, 6.07) is 11.8. The third-order valence-corrected chi connectivity index (χ3v) is 4.10. The van der Waals surface area contributed by atoms with Gasteiger partial charge in [-0.1, -0.05) is 29.8 Å². The Kier molecular flexibility index (Phi) is 3.96. The monoisotopic (exact) mass is 310 g/mol. The Labute approximate surface area is 121 Å². The molecule has 2 rings (SSSR count). The van der Waals surface area contributed by atoms with E-state index >= 15 is 0 Å². The highest BCUT2D eigenvalue weighted by Gasteiger charge is 2.20. The SMILES string of the molecule is Nc1ccccc1C(=O)NS(=O)(=O)c1cccc(Cl)c1. The van der Waals surface area contributed by atoms with E-state index in [2.05, 4.69) is 0 Å². The highest BCUT2D eigenvalue weighted by atomic mass is 35.5. The molecule has 0 aliphatic carbocycles. The second-order valence-electron chi connectivity index (χ2n) is 3.98. The van der Waals surface area contributed by atoms with Gasteiger partial charge in [0.2, 0.25) is 0 Å². The maximum atomic E-state index is 12.0. The number of benzene rings is 2. The summed E-state index contributed by atoms with van der Waals surface area (Å²) in [6.45, 7) is 0. The molecule has 0 aliphatic heterocycles. The van der Waals surface area contributed by atoms with Crippen molar-refractivity contribution < 1.29 is 13.2 Å². The third kappa shape index (κ3) is 3.09. The fourth-order valence-electron chi connectivity index (χ4n) is 1.57. The number of nitrogen functional groups attached to an aromatic ring is 1. The van der Waals surface area contributed by atoms with E-state index in [9.17, 15) is 13.2 Å². The van der Waals surface area contributed by atoms with Crippen molar-refractivity contribution in [1.82, 2.24) is 4.72 Å². The number of amides is 1. The van der Waals surface area contributed by atoms with Crippen LogP contribution in [0.2, 0.25) is 5.02 Å². The standard InChI is InChI=1S/C13H11ClN2O3S/c14-9-4-3-5-10(8-9)20(18,19)16-13(17)11-6-1-2-7-12(11)15/h1-8H,15H2,(H,16,17). The number of carbonyl (C=O) groups excluding carboxylic acids is 1. The second kappa shape index (κ2) is 5.52. The molecule has 0 bridgehead atoms. The Bertz CT molecular complexity index is 760. The van der Waals surface area contributed by atoms with E-state index in [1.54, 1.807) is 12.1 Å². The van der Waals surface area contributed by atoms with Gasteiger partial charge in [0.1, 0.15) is 0 Å². The molecule has 0 radical (unpaired) electrons. The van der Waals surface area contributed by atoms with Gasteiger partial charge >= 0.3 is 0 Å². The zero-order valence-electron chi connectivity index (χ0n) is 10.2. The minimum atomic E-state index is -3.99. The Balaban J connectivity index is 2.30. The first-order chi connectivity index (χ1) is 9.40. The summed E-state index contributed by atoms with van der Waals surface area (Å²) in [5.41, 5.74) is 5.92. The molecular formula is C13H11ClN2O3S. The first-order valence-electron chi connectivity index (χ1n) is 5.57. The van der Waals surface area contributed by atoms with Gasteiger partial charge in [-0.15, -0.1) is 0 Å². The van der Waals surface area contributed by atoms with Gasteiger partial charge in [0.05, 0.1) is 10.5 Å². The molecule has 0 saturated carbocycles. The predicted octanol–water partition coefficient (Wildman–Crippen LogP) is 2.04. The van der Waals surface area contributed by atoms with Crippen LogP contribution in [0.15, 0.2) is 53.4 Å². The number of para-hydroxylation sites is 1. The molecule has 2 aromatic rings. The number of rotatable bonds is 3. The van der Waals surface area contributed by atoms with Crippen LogP contribution in [0.4, 0.5) is 5.69 Å². The van der Waals surface area contributed by atoms with Crippen molar-refractivity contribution in [1.29, 1.82) is 0 Å². The molecule has 0 aromatic heterocycles. The van der Waals surface area contributed by atoms with Gasteiger partial charge in [-0.05, 0) is 30.3 Å². The van der Waals surface area contributed by atoms with Gasteiger partial charge in [0.15, 0.2) is 0 Å². The number of anilines is 1. The Morgan fingerprint density at radius 1 is 1.10 bits per heavy atom. The Morgan fingerprint density at radius 3 is 2.45 bits per heavy atom. The van der Waals surface area contributed by atoms with Gasteiger partial charge in [-0.2, -0.15) is 0 Å². The third-order valence-electron chi connectivity index (χ3n) is 2.54. The van der Waals surface area contributed by atoms with Crippen LogP contribution >= 0.6 is 11.6 Å². The number of nitrogens with two attached hydrogens (primary N) is 1. The Hall–Kier alpha value is -2.05. The molecule has 0 atom stereocenters. The molecule has 2 aromatic carbocycles. The molecule has 0 spiro atoms. The first kappa shape index (κ1) is 14.4. The first-order valence-corrected chi connectivity index (χ1v) is 7.43. The summed E-state index contributed by atoms with van der Waals surface area (Å²) in [4.78, 5) is 11.8. The van der Waals surface area contributed by atoms with E-state index < -0.39 is 15.9 Å². The number of hydrogen-bond acceptors (Lipinski definition) is 4. The van der Waals surface area contributed by atoms with Crippen LogP contribution in [0.3, 0.4) is 0 Å². The molecule has 0 saturated heterocycles. The summed E-state index contributed by atoms with van der Waals surface area (Å²) in [7, 11) is -3.99. The molecule has 3 N–H and O–H groups in total. The number of carbonyl (C=O) groups is 1. The summed E-state index contributed by atoms with van der Waals surface area (Å²) in [5, 5.41) is 0.263. The average molecular weight is 311 g/mol. The molecule has 0 fully saturated rings. The minimum Gasteiger partial charge on any atom is -0.398 e.